The van der Waals surface area contributed by atoms with Crippen molar-refractivity contribution in [3.8, 4) is 0 Å². The van der Waals surface area contributed by atoms with E-state index in [1.165, 1.54) is 0 Å². The Balaban J connectivity index is 2.10. The van der Waals surface area contributed by atoms with Crippen molar-refractivity contribution in [3.05, 3.63) is 5.28 Å². The molecule has 6 nitrogen and oxygen atoms in total. The zero-order valence-electron chi connectivity index (χ0n) is 10.7. The van der Waals surface area contributed by atoms with Crippen LogP contribution in [0.3, 0.4) is 0 Å². The van der Waals surface area contributed by atoms with Crippen molar-refractivity contribution in [2.45, 2.75) is 39.3 Å². The third-order valence-electron chi connectivity index (χ3n) is 3.46. The quantitative estimate of drug-likeness (QED) is 0.770. The van der Waals surface area contributed by atoms with Crippen LogP contribution < -0.4 is 10.6 Å². The zero-order valence-corrected chi connectivity index (χ0v) is 11.5. The molecule has 0 aromatic carbocycles. The number of nitrogens with one attached hydrogen (secondary N) is 2. The largest absolute Gasteiger partial charge is 0.392 e. The fraction of sp³-hybridized carbons (Fsp3) is 0.727. The van der Waals surface area contributed by atoms with E-state index in [1.807, 2.05) is 20.8 Å². The lowest BCUT2D eigenvalue weighted by Gasteiger charge is -2.49. The molecule has 1 aliphatic carbocycles. The monoisotopic (exact) mass is 271 g/mol. The summed E-state index contributed by atoms with van der Waals surface area (Å²) in [5, 5.41) is 16.0. The molecule has 2 rings (SSSR count). The van der Waals surface area contributed by atoms with E-state index in [9.17, 15) is 5.11 Å². The van der Waals surface area contributed by atoms with Crippen LogP contribution in [0.4, 0.5) is 11.9 Å². The van der Waals surface area contributed by atoms with Crippen molar-refractivity contribution in [1.29, 1.82) is 0 Å². The van der Waals surface area contributed by atoms with Gasteiger partial charge in [-0.3, -0.25) is 0 Å². The molecule has 2 atom stereocenters. The third kappa shape index (κ3) is 2.49. The number of halogens is 1. The molecule has 0 radical (unpaired) electrons. The van der Waals surface area contributed by atoms with Crippen LogP contribution in [0.5, 0.6) is 0 Å². The van der Waals surface area contributed by atoms with E-state index in [0.29, 0.717) is 24.9 Å². The summed E-state index contributed by atoms with van der Waals surface area (Å²) >= 11 is 5.84. The Bertz CT molecular complexity index is 439. The molecular weight excluding hydrogens is 254 g/mol. The van der Waals surface area contributed by atoms with E-state index in [1.54, 1.807) is 0 Å². The molecule has 18 heavy (non-hydrogen) atoms. The molecule has 0 amide bonds. The molecule has 0 bridgehead atoms. The van der Waals surface area contributed by atoms with Gasteiger partial charge < -0.3 is 15.7 Å². The lowest BCUT2D eigenvalue weighted by atomic mass is 9.65. The predicted octanol–water partition coefficient (Wildman–Crippen LogP) is 1.53. The lowest BCUT2D eigenvalue weighted by Crippen LogP contribution is -2.57. The SMILES string of the molecule is CCNc1nc(Cl)nc(NC2CC(O)C2(C)C)n1. The first-order valence-electron chi connectivity index (χ1n) is 6.03. The highest BCUT2D eigenvalue weighted by Crippen LogP contribution is 2.41. The minimum Gasteiger partial charge on any atom is -0.392 e. The Morgan fingerprint density at radius 1 is 1.33 bits per heavy atom. The highest BCUT2D eigenvalue weighted by molar-refractivity contribution is 6.28. The van der Waals surface area contributed by atoms with Crippen LogP contribution in [-0.2, 0) is 0 Å². The smallest absolute Gasteiger partial charge is 0.229 e. The number of nitrogens with zero attached hydrogens (tertiary/aromatic N) is 3. The van der Waals surface area contributed by atoms with Crippen molar-refractivity contribution in [2.75, 3.05) is 17.2 Å². The Morgan fingerprint density at radius 3 is 2.56 bits per heavy atom. The maximum absolute atomic E-state index is 9.69. The average molecular weight is 272 g/mol. The molecule has 1 aromatic heterocycles. The highest BCUT2D eigenvalue weighted by atomic mass is 35.5. The second-order valence-corrected chi connectivity index (χ2v) is 5.39. The van der Waals surface area contributed by atoms with E-state index >= 15 is 0 Å². The van der Waals surface area contributed by atoms with Crippen molar-refractivity contribution in [2.24, 2.45) is 5.41 Å². The number of hydrogen-bond acceptors (Lipinski definition) is 6. The van der Waals surface area contributed by atoms with Crippen LogP contribution in [-0.4, -0.2) is 38.7 Å². The van der Waals surface area contributed by atoms with Crippen molar-refractivity contribution < 1.29 is 5.11 Å². The second-order valence-electron chi connectivity index (χ2n) is 5.05. The summed E-state index contributed by atoms with van der Waals surface area (Å²) in [6.45, 7) is 6.68. The molecule has 1 heterocycles. The second kappa shape index (κ2) is 4.85. The first-order chi connectivity index (χ1) is 8.43. The van der Waals surface area contributed by atoms with Crippen molar-refractivity contribution >= 4 is 23.5 Å². The number of anilines is 2. The van der Waals surface area contributed by atoms with Crippen LogP contribution in [0.15, 0.2) is 0 Å². The first-order valence-corrected chi connectivity index (χ1v) is 6.41. The Kier molecular flexibility index (Phi) is 3.59. The van der Waals surface area contributed by atoms with Gasteiger partial charge in [0.25, 0.3) is 0 Å². The maximum atomic E-state index is 9.69. The Hall–Kier alpha value is -1.14. The summed E-state index contributed by atoms with van der Waals surface area (Å²) in [6, 6.07) is 0.139. The van der Waals surface area contributed by atoms with Crippen LogP contribution in [0.2, 0.25) is 5.28 Å². The van der Waals surface area contributed by atoms with Crippen LogP contribution >= 0.6 is 11.6 Å². The minimum atomic E-state index is -0.291. The molecular formula is C11H18ClN5O. The number of rotatable bonds is 4. The average Bonchev–Trinajstić information content (AvgIpc) is 2.28. The van der Waals surface area contributed by atoms with Gasteiger partial charge in [0, 0.05) is 18.0 Å². The molecule has 1 saturated carbocycles. The molecule has 2 unspecified atom stereocenters. The molecule has 1 fully saturated rings. The van der Waals surface area contributed by atoms with Gasteiger partial charge in [0.2, 0.25) is 17.2 Å². The summed E-state index contributed by atoms with van der Waals surface area (Å²) in [6.07, 6.45) is 0.396. The first kappa shape index (κ1) is 13.3. The van der Waals surface area contributed by atoms with Gasteiger partial charge in [-0.25, -0.2) is 0 Å². The fourth-order valence-corrected chi connectivity index (χ4v) is 2.12. The minimum absolute atomic E-state index is 0.139. The topological polar surface area (TPSA) is 83.0 Å². The number of hydrogen-bond donors (Lipinski definition) is 3. The molecule has 3 N–H and O–H groups in total. The molecule has 0 spiro atoms. The standard InChI is InChI=1S/C11H18ClN5O/c1-4-13-9-15-8(12)16-10(17-9)14-6-5-7(18)11(6,2)3/h6-7,18H,4-5H2,1-3H3,(H2,13,14,15,16,17). The van der Waals surface area contributed by atoms with Gasteiger partial charge >= 0.3 is 0 Å². The number of aliphatic hydroxyl groups excluding tert-OH is 1. The van der Waals surface area contributed by atoms with E-state index < -0.39 is 0 Å². The lowest BCUT2D eigenvalue weighted by molar-refractivity contribution is -0.0512. The van der Waals surface area contributed by atoms with Crippen LogP contribution in [0.1, 0.15) is 27.2 Å². The van der Waals surface area contributed by atoms with Gasteiger partial charge in [0.05, 0.1) is 6.10 Å². The van der Waals surface area contributed by atoms with Crippen LogP contribution in [0.25, 0.3) is 0 Å². The van der Waals surface area contributed by atoms with E-state index in [0.717, 1.165) is 0 Å². The highest BCUT2D eigenvalue weighted by Gasteiger charge is 2.47. The van der Waals surface area contributed by atoms with Gasteiger partial charge in [-0.1, -0.05) is 13.8 Å². The fourth-order valence-electron chi connectivity index (χ4n) is 1.96. The van der Waals surface area contributed by atoms with E-state index in [-0.39, 0.29) is 22.8 Å². The Morgan fingerprint density at radius 2 is 2.00 bits per heavy atom. The summed E-state index contributed by atoms with van der Waals surface area (Å²) in [4.78, 5) is 12.2. The molecule has 100 valence electrons. The molecule has 0 saturated heterocycles. The van der Waals surface area contributed by atoms with E-state index in [4.69, 9.17) is 11.6 Å². The van der Waals surface area contributed by atoms with E-state index in [2.05, 4.69) is 25.6 Å². The summed E-state index contributed by atoms with van der Waals surface area (Å²) in [7, 11) is 0. The molecule has 0 aliphatic heterocycles. The summed E-state index contributed by atoms with van der Waals surface area (Å²) < 4.78 is 0. The van der Waals surface area contributed by atoms with Gasteiger partial charge in [-0.15, -0.1) is 0 Å². The molecule has 7 heteroatoms. The van der Waals surface area contributed by atoms with Crippen LogP contribution in [0, 0.1) is 5.41 Å². The Labute approximate surface area is 111 Å². The van der Waals surface area contributed by atoms with Gasteiger partial charge in [0.1, 0.15) is 0 Å². The summed E-state index contributed by atoms with van der Waals surface area (Å²) in [5.41, 5.74) is -0.183. The van der Waals surface area contributed by atoms with Gasteiger partial charge in [0.15, 0.2) is 0 Å². The van der Waals surface area contributed by atoms with Crippen molar-refractivity contribution in [3.63, 3.8) is 0 Å². The number of aliphatic hydroxyl groups is 1. The van der Waals surface area contributed by atoms with Gasteiger partial charge in [-0.05, 0) is 24.9 Å². The zero-order chi connectivity index (χ0) is 13.3. The normalized spacial score (nSPS) is 25.4. The maximum Gasteiger partial charge on any atom is 0.229 e. The molecule has 1 aliphatic rings. The third-order valence-corrected chi connectivity index (χ3v) is 3.63. The number of aromatic nitrogens is 3. The molecule has 1 aromatic rings. The summed E-state index contributed by atoms with van der Waals surface area (Å²) in [5.74, 6) is 0.897. The van der Waals surface area contributed by atoms with Crippen molar-refractivity contribution in [1.82, 2.24) is 15.0 Å². The van der Waals surface area contributed by atoms with Gasteiger partial charge in [-0.2, -0.15) is 15.0 Å². The predicted molar refractivity (Wildman–Crippen MR) is 70.8 cm³/mol.